The summed E-state index contributed by atoms with van der Waals surface area (Å²) in [6.45, 7) is 1.33. The van der Waals surface area contributed by atoms with E-state index < -0.39 is 0 Å². The molecule has 5 heteroatoms. The fourth-order valence-electron chi connectivity index (χ4n) is 2.71. The Labute approximate surface area is 130 Å². The molecule has 0 amide bonds. The zero-order chi connectivity index (χ0) is 15.0. The van der Waals surface area contributed by atoms with Gasteiger partial charge in [-0.15, -0.1) is 0 Å². The van der Waals surface area contributed by atoms with E-state index in [0.717, 1.165) is 23.2 Å². The van der Waals surface area contributed by atoms with E-state index in [0.29, 0.717) is 24.3 Å². The van der Waals surface area contributed by atoms with Gasteiger partial charge in [-0.3, -0.25) is 0 Å². The number of nitrogens with two attached hydrogens (primary N) is 1. The van der Waals surface area contributed by atoms with Gasteiger partial charge < -0.3 is 10.6 Å². The molecule has 0 unspecified atom stereocenters. The summed E-state index contributed by atoms with van der Waals surface area (Å²) in [5.41, 5.74) is 9.87. The summed E-state index contributed by atoms with van der Waals surface area (Å²) in [5, 5.41) is 8.93. The van der Waals surface area contributed by atoms with Crippen molar-refractivity contribution in [1.82, 2.24) is 0 Å². The Hall–Kier alpha value is -2.06. The maximum absolute atomic E-state index is 14.4. The molecule has 1 heterocycles. The largest absolute Gasteiger partial charge is 0.398 e. The van der Waals surface area contributed by atoms with Crippen LogP contribution in [-0.2, 0) is 13.0 Å². The van der Waals surface area contributed by atoms with E-state index in [1.807, 2.05) is 29.2 Å². The second-order valence-electron chi connectivity index (χ2n) is 5.03. The lowest BCUT2D eigenvalue weighted by Crippen LogP contribution is -2.31. The molecule has 3 rings (SSSR count). The number of fused-ring (bicyclic) bond motifs is 1. The third-order valence-corrected chi connectivity index (χ3v) is 4.60. The highest BCUT2D eigenvalue weighted by Gasteiger charge is 2.22. The second kappa shape index (κ2) is 5.38. The van der Waals surface area contributed by atoms with Crippen LogP contribution in [0.1, 0.15) is 16.7 Å². The quantitative estimate of drug-likeness (QED) is 0.803. The monoisotopic (exact) mass is 345 g/mol. The molecule has 3 nitrogen and oxygen atoms in total. The summed E-state index contributed by atoms with van der Waals surface area (Å²) in [6.07, 6.45) is 0.791. The van der Waals surface area contributed by atoms with Crippen molar-refractivity contribution >= 4 is 27.3 Å². The number of nitrogen functional groups attached to an aromatic ring is 1. The third kappa shape index (κ3) is 2.36. The third-order valence-electron chi connectivity index (χ3n) is 3.83. The first kappa shape index (κ1) is 13.9. The number of halogens is 2. The highest BCUT2D eigenvalue weighted by atomic mass is 79.9. The number of hydrogen-bond donors (Lipinski definition) is 1. The molecule has 2 N–H and O–H groups in total. The van der Waals surface area contributed by atoms with E-state index in [1.165, 1.54) is 0 Å². The van der Waals surface area contributed by atoms with Gasteiger partial charge >= 0.3 is 0 Å². The summed E-state index contributed by atoms with van der Waals surface area (Å²) < 4.78 is 14.6. The lowest BCUT2D eigenvalue weighted by Gasteiger charge is -2.31. The summed E-state index contributed by atoms with van der Waals surface area (Å²) in [6, 6.07) is 11.1. The molecule has 2 aromatic carbocycles. The summed E-state index contributed by atoms with van der Waals surface area (Å²) in [4.78, 5) is 1.98. The molecule has 0 saturated heterocycles. The predicted octanol–water partition coefficient (Wildman–Crippen LogP) is 3.60. The highest BCUT2D eigenvalue weighted by molar-refractivity contribution is 9.10. The van der Waals surface area contributed by atoms with Crippen molar-refractivity contribution in [3.05, 3.63) is 57.3 Å². The van der Waals surface area contributed by atoms with Crippen LogP contribution < -0.4 is 10.6 Å². The SMILES string of the molecule is N#Cc1ccc(N2CCc3c(N)cccc3C2)c(F)c1Br. The van der Waals surface area contributed by atoms with Gasteiger partial charge in [0.25, 0.3) is 0 Å². The molecule has 0 fully saturated rings. The Morgan fingerprint density at radius 1 is 1.29 bits per heavy atom. The molecule has 0 aromatic heterocycles. The molecular weight excluding hydrogens is 333 g/mol. The van der Waals surface area contributed by atoms with Crippen LogP contribution in [0, 0.1) is 17.1 Å². The van der Waals surface area contributed by atoms with Gasteiger partial charge in [0, 0.05) is 18.8 Å². The smallest absolute Gasteiger partial charge is 0.161 e. The van der Waals surface area contributed by atoms with Crippen molar-refractivity contribution < 1.29 is 4.39 Å². The average Bonchev–Trinajstić information content (AvgIpc) is 2.50. The number of rotatable bonds is 1. The van der Waals surface area contributed by atoms with Crippen LogP contribution >= 0.6 is 15.9 Å². The normalized spacial score (nSPS) is 13.7. The molecule has 1 aliphatic rings. The lowest BCUT2D eigenvalue weighted by atomic mass is 9.97. The highest BCUT2D eigenvalue weighted by Crippen LogP contribution is 2.33. The van der Waals surface area contributed by atoms with Crippen LogP contribution in [0.3, 0.4) is 0 Å². The van der Waals surface area contributed by atoms with Crippen LogP contribution in [0.15, 0.2) is 34.8 Å². The minimum absolute atomic E-state index is 0.223. The van der Waals surface area contributed by atoms with Crippen molar-refractivity contribution in [1.29, 1.82) is 5.26 Å². The van der Waals surface area contributed by atoms with Crippen molar-refractivity contribution in [3.8, 4) is 6.07 Å². The van der Waals surface area contributed by atoms with Crippen LogP contribution in [0.4, 0.5) is 15.8 Å². The average molecular weight is 346 g/mol. The fraction of sp³-hybridized carbons (Fsp3) is 0.188. The van der Waals surface area contributed by atoms with Crippen molar-refractivity contribution in [3.63, 3.8) is 0 Å². The predicted molar refractivity (Wildman–Crippen MR) is 84.4 cm³/mol. The Bertz CT molecular complexity index is 752. The molecule has 0 spiro atoms. The van der Waals surface area contributed by atoms with Crippen LogP contribution in [0.5, 0.6) is 0 Å². The van der Waals surface area contributed by atoms with Gasteiger partial charge in [-0.2, -0.15) is 5.26 Å². The van der Waals surface area contributed by atoms with E-state index in [-0.39, 0.29) is 10.3 Å². The van der Waals surface area contributed by atoms with Gasteiger partial charge in [0.2, 0.25) is 0 Å². The number of benzene rings is 2. The molecule has 0 bridgehead atoms. The van der Waals surface area contributed by atoms with E-state index in [1.54, 1.807) is 12.1 Å². The molecule has 0 atom stereocenters. The van der Waals surface area contributed by atoms with Crippen LogP contribution in [0.2, 0.25) is 0 Å². The Balaban J connectivity index is 1.97. The van der Waals surface area contributed by atoms with E-state index >= 15 is 0 Å². The van der Waals surface area contributed by atoms with E-state index in [2.05, 4.69) is 15.9 Å². The molecule has 2 aromatic rings. The van der Waals surface area contributed by atoms with Gasteiger partial charge in [0.1, 0.15) is 6.07 Å². The molecule has 21 heavy (non-hydrogen) atoms. The second-order valence-corrected chi connectivity index (χ2v) is 5.82. The van der Waals surface area contributed by atoms with Gasteiger partial charge in [-0.1, -0.05) is 12.1 Å². The van der Waals surface area contributed by atoms with Crippen LogP contribution in [-0.4, -0.2) is 6.54 Å². The molecule has 0 radical (unpaired) electrons. The van der Waals surface area contributed by atoms with Crippen LogP contribution in [0.25, 0.3) is 0 Å². The van der Waals surface area contributed by atoms with Crippen molar-refractivity contribution in [2.45, 2.75) is 13.0 Å². The Kier molecular flexibility index (Phi) is 3.56. The number of nitriles is 1. The standard InChI is InChI=1S/C16H13BrFN3/c17-15-10(8-19)4-5-14(16(15)18)21-7-6-12-11(9-21)2-1-3-13(12)20/h1-5H,6-7,9,20H2. The summed E-state index contributed by atoms with van der Waals surface area (Å²) in [5.74, 6) is -0.388. The number of nitrogens with zero attached hydrogens (tertiary/aromatic N) is 2. The van der Waals surface area contributed by atoms with Crippen molar-refractivity contribution in [2.24, 2.45) is 0 Å². The van der Waals surface area contributed by atoms with E-state index in [9.17, 15) is 4.39 Å². The maximum Gasteiger partial charge on any atom is 0.161 e. The molecule has 1 aliphatic heterocycles. The lowest BCUT2D eigenvalue weighted by molar-refractivity contribution is 0.604. The minimum atomic E-state index is -0.388. The first-order chi connectivity index (χ1) is 10.1. The van der Waals surface area contributed by atoms with Crippen molar-refractivity contribution in [2.75, 3.05) is 17.2 Å². The zero-order valence-electron chi connectivity index (χ0n) is 11.2. The Morgan fingerprint density at radius 3 is 2.86 bits per heavy atom. The summed E-state index contributed by atoms with van der Waals surface area (Å²) >= 11 is 3.16. The zero-order valence-corrected chi connectivity index (χ0v) is 12.8. The maximum atomic E-state index is 14.4. The van der Waals surface area contributed by atoms with Gasteiger partial charge in [-0.05, 0) is 51.7 Å². The molecule has 106 valence electrons. The van der Waals surface area contributed by atoms with Gasteiger partial charge in [-0.25, -0.2) is 4.39 Å². The molecule has 0 aliphatic carbocycles. The molecular formula is C16H13BrFN3. The van der Waals surface area contributed by atoms with Gasteiger partial charge in [0.15, 0.2) is 5.82 Å². The number of hydrogen-bond acceptors (Lipinski definition) is 3. The summed E-state index contributed by atoms with van der Waals surface area (Å²) in [7, 11) is 0. The van der Waals surface area contributed by atoms with Gasteiger partial charge in [0.05, 0.1) is 15.7 Å². The molecule has 0 saturated carbocycles. The Morgan fingerprint density at radius 2 is 2.10 bits per heavy atom. The van der Waals surface area contributed by atoms with E-state index in [4.69, 9.17) is 11.0 Å². The fourth-order valence-corrected chi connectivity index (χ4v) is 3.14. The first-order valence-corrected chi connectivity index (χ1v) is 7.40. The minimum Gasteiger partial charge on any atom is -0.398 e. The number of anilines is 2. The first-order valence-electron chi connectivity index (χ1n) is 6.61. The topological polar surface area (TPSA) is 53.0 Å².